The Morgan fingerprint density at radius 3 is 0.788 bits per heavy atom. The molecule has 0 aliphatic carbocycles. The Hall–Kier alpha value is -1.10. The van der Waals surface area contributed by atoms with Crippen molar-refractivity contribution in [1.82, 2.24) is 0 Å². The second-order valence-electron chi connectivity index (χ2n) is 6.58. The maximum atomic E-state index is 5.62. The molecule has 0 N–H and O–H groups in total. The summed E-state index contributed by atoms with van der Waals surface area (Å²) in [5, 5.41) is 5.15. The molecule has 33 heavy (non-hydrogen) atoms. The van der Waals surface area contributed by atoms with E-state index in [0.717, 1.165) is 0 Å². The molecule has 4 aromatic rings. The molecule has 0 amide bonds. The molecule has 4 rings (SSSR count). The topological polar surface area (TPSA) is 18.5 Å². The van der Waals surface area contributed by atoms with E-state index >= 15 is 0 Å². The van der Waals surface area contributed by atoms with E-state index in [0.29, 0.717) is 0 Å². The first-order valence-electron chi connectivity index (χ1n) is 10.1. The van der Waals surface area contributed by atoms with Crippen molar-refractivity contribution in [1.29, 1.82) is 0 Å². The number of halogens is 2. The van der Waals surface area contributed by atoms with Gasteiger partial charge in [-0.05, 0) is 48.5 Å². The molecule has 0 atom stereocenters. The van der Waals surface area contributed by atoms with Crippen LogP contribution >= 0.6 is 35.4 Å². The zero-order valence-corrected chi connectivity index (χ0v) is 23.5. The van der Waals surface area contributed by atoms with Crippen LogP contribution in [0.1, 0.15) is 0 Å². The van der Waals surface area contributed by atoms with Gasteiger partial charge < -0.3 is 0 Å². The van der Waals surface area contributed by atoms with Gasteiger partial charge in [-0.3, -0.25) is 0 Å². The molecule has 0 radical (unpaired) electrons. The van der Waals surface area contributed by atoms with Crippen LogP contribution in [0.15, 0.2) is 121 Å². The van der Waals surface area contributed by atoms with Crippen LogP contribution in [0.5, 0.6) is 0 Å². The summed E-state index contributed by atoms with van der Waals surface area (Å²) in [6.07, 6.45) is 0. The van der Waals surface area contributed by atoms with Gasteiger partial charge in [-0.1, -0.05) is 72.8 Å². The van der Waals surface area contributed by atoms with Crippen LogP contribution in [0.25, 0.3) is 0 Å². The van der Waals surface area contributed by atoms with Gasteiger partial charge in [0.05, 0.1) is 14.2 Å². The quantitative estimate of drug-likeness (QED) is 0.191. The summed E-state index contributed by atoms with van der Waals surface area (Å²) in [6, 6.07) is 41.6. The molecule has 2 nitrogen and oxygen atoms in total. The summed E-state index contributed by atoms with van der Waals surface area (Å²) in [4.78, 5) is 0. The molecule has 7 heteroatoms. The second kappa shape index (κ2) is 17.4. The minimum absolute atomic E-state index is 0.106. The van der Waals surface area contributed by atoms with E-state index < -0.39 is 16.3 Å². The molecule has 0 bridgehead atoms. The Kier molecular flexibility index (Phi) is 14.8. The molecule has 0 heterocycles. The summed E-state index contributed by atoms with van der Waals surface area (Å²) < 4.78 is 11.2. The predicted molar refractivity (Wildman–Crippen MR) is 147 cm³/mol. The van der Waals surface area contributed by atoms with E-state index in [1.165, 1.54) is 21.2 Å². The molecule has 0 aliphatic heterocycles. The molecule has 0 saturated carbocycles. The first kappa shape index (κ1) is 28.1. The van der Waals surface area contributed by atoms with E-state index in [9.17, 15) is 0 Å². The number of benzene rings is 4. The van der Waals surface area contributed by atoms with E-state index in [1.54, 1.807) is 14.2 Å². The molecule has 0 saturated heterocycles. The Balaban J connectivity index is 0.000000209. The van der Waals surface area contributed by atoms with Crippen molar-refractivity contribution in [3.63, 3.8) is 0 Å². The van der Waals surface area contributed by atoms with Crippen molar-refractivity contribution in [2.45, 2.75) is 0 Å². The van der Waals surface area contributed by atoms with Crippen LogP contribution in [0.2, 0.25) is 0 Å². The molecule has 0 aromatic heterocycles. The maximum absolute atomic E-state index is 5.62. The Labute approximate surface area is 216 Å². The Morgan fingerprint density at radius 2 is 0.636 bits per heavy atom. The van der Waals surface area contributed by atoms with Crippen molar-refractivity contribution in [3.05, 3.63) is 121 Å². The van der Waals surface area contributed by atoms with Gasteiger partial charge in [0.15, 0.2) is 16.3 Å². The van der Waals surface area contributed by atoms with Gasteiger partial charge in [0, 0.05) is 0 Å². The average Bonchev–Trinajstić information content (AvgIpc) is 2.89. The fourth-order valence-electron chi connectivity index (χ4n) is 3.16. The van der Waals surface area contributed by atoms with Crippen molar-refractivity contribution in [3.8, 4) is 0 Å². The zero-order chi connectivity index (χ0) is 23.7. The third-order valence-corrected chi connectivity index (χ3v) is 8.80. The van der Waals surface area contributed by atoms with Crippen LogP contribution in [-0.4, -0.2) is 14.2 Å². The molecule has 0 fully saturated rings. The third-order valence-electron chi connectivity index (χ3n) is 4.55. The molecule has 0 spiro atoms. The molecule has 176 valence electrons. The van der Waals surface area contributed by atoms with E-state index in [2.05, 4.69) is 97.1 Å². The zero-order valence-electron chi connectivity index (χ0n) is 18.4. The van der Waals surface area contributed by atoms with E-state index in [4.69, 9.17) is 28.1 Å². The molecular weight excluding hydrogens is 584 g/mol. The van der Waals surface area contributed by atoms with Crippen molar-refractivity contribution in [2.75, 3.05) is 14.2 Å². The Bertz CT molecular complexity index is 836. The molecular formula is C26H28Cl2O2P2Pd+2. The summed E-state index contributed by atoms with van der Waals surface area (Å²) in [7, 11) is 11.1. The predicted octanol–water partition coefficient (Wildman–Crippen LogP) is 6.20. The van der Waals surface area contributed by atoms with Crippen LogP contribution in [0.3, 0.4) is 0 Å². The Morgan fingerprint density at radius 1 is 0.455 bits per heavy atom. The van der Waals surface area contributed by atoms with Gasteiger partial charge >= 0.3 is 35.0 Å². The number of rotatable bonds is 6. The van der Waals surface area contributed by atoms with Crippen molar-refractivity contribution < 1.29 is 25.0 Å². The molecule has 4 aromatic carbocycles. The fourth-order valence-corrected chi connectivity index (χ4v) is 6.75. The standard InChI is InChI=1S/2C13H13OP.2ClH.Pd/c2*1-14-15(12-8-4-2-5-9-12)13-10-6-3-7-11-13;;;/h2*2-11H,1H3;2*1H;/q;;;;+2. The van der Waals surface area contributed by atoms with Gasteiger partial charge in [-0.15, -0.1) is 0 Å². The van der Waals surface area contributed by atoms with Crippen LogP contribution in [-0.2, 0) is 25.0 Å². The first-order valence-corrected chi connectivity index (χ1v) is 16.9. The van der Waals surface area contributed by atoms with Gasteiger partial charge in [-0.25, -0.2) is 9.05 Å². The van der Waals surface area contributed by atoms with Gasteiger partial charge in [0.1, 0.15) is 21.2 Å². The summed E-state index contributed by atoms with van der Waals surface area (Å²) in [5.74, 6) is 0. The number of hydrogen-bond donors (Lipinski definition) is 0. The summed E-state index contributed by atoms with van der Waals surface area (Å²) >= 11 is -0.106. The summed E-state index contributed by atoms with van der Waals surface area (Å²) in [5.41, 5.74) is 0. The van der Waals surface area contributed by atoms with Crippen LogP contribution in [0.4, 0.5) is 0 Å². The summed E-state index contributed by atoms with van der Waals surface area (Å²) in [6.45, 7) is 0. The monoisotopic (exact) mass is 610 g/mol. The fraction of sp³-hybridized carbons (Fsp3) is 0.0769. The second-order valence-corrected chi connectivity index (χ2v) is 13.4. The van der Waals surface area contributed by atoms with Crippen molar-refractivity contribution >= 4 is 56.6 Å². The molecule has 0 unspecified atom stereocenters. The van der Waals surface area contributed by atoms with Crippen LogP contribution in [0, 0.1) is 0 Å². The van der Waals surface area contributed by atoms with Gasteiger partial charge in [0.25, 0.3) is 0 Å². The average molecular weight is 612 g/mol. The molecule has 0 aliphatic rings. The van der Waals surface area contributed by atoms with Gasteiger partial charge in [0.2, 0.25) is 0 Å². The van der Waals surface area contributed by atoms with E-state index in [-0.39, 0.29) is 15.9 Å². The number of hydrogen-bond acceptors (Lipinski definition) is 2. The SMILES string of the molecule is CO[PH+](c1ccccc1)c1ccccc1.CO[PH+](c1ccccc1)c1ccccc1.[Cl][Pd][Cl]. The van der Waals surface area contributed by atoms with E-state index in [1.807, 2.05) is 24.3 Å². The minimum atomic E-state index is -1.04. The third kappa shape index (κ3) is 9.96. The van der Waals surface area contributed by atoms with Crippen molar-refractivity contribution in [2.24, 2.45) is 0 Å². The van der Waals surface area contributed by atoms with Crippen LogP contribution < -0.4 is 21.2 Å². The normalized spacial score (nSPS) is 10.2. The van der Waals surface area contributed by atoms with Gasteiger partial charge in [-0.2, -0.15) is 0 Å². The first-order chi connectivity index (χ1) is 16.2.